The summed E-state index contributed by atoms with van der Waals surface area (Å²) in [5.41, 5.74) is 11.0. The van der Waals surface area contributed by atoms with E-state index in [4.69, 9.17) is 5.73 Å². The van der Waals surface area contributed by atoms with Crippen molar-refractivity contribution in [2.75, 3.05) is 19.6 Å². The summed E-state index contributed by atoms with van der Waals surface area (Å²) in [5, 5.41) is 0. The topological polar surface area (TPSA) is 51.3 Å². The number of unbranched alkanes of at least 4 members (excludes halogenated alkanes) is 2. The van der Waals surface area contributed by atoms with E-state index in [0.29, 0.717) is 5.56 Å². The largest absolute Gasteiger partial charge is 0.366 e. The molecule has 0 atom stereocenters. The molecule has 29 heavy (non-hydrogen) atoms. The molecule has 0 bridgehead atoms. The monoisotopic (exact) mass is 459 g/mol. The van der Waals surface area contributed by atoms with Crippen LogP contribution in [0.3, 0.4) is 0 Å². The van der Waals surface area contributed by atoms with Gasteiger partial charge in [-0.1, -0.05) is 54.2 Å². The first-order valence-electron chi connectivity index (χ1n) is 11.0. The van der Waals surface area contributed by atoms with Gasteiger partial charge in [0.15, 0.2) is 0 Å². The second-order valence-corrected chi connectivity index (χ2v) is 9.08. The van der Waals surface area contributed by atoms with E-state index >= 15 is 0 Å². The molecule has 0 aliphatic carbocycles. The summed E-state index contributed by atoms with van der Waals surface area (Å²) in [6.45, 7) is 8.62. The van der Waals surface area contributed by atoms with Crippen molar-refractivity contribution in [2.24, 2.45) is 5.73 Å². The molecule has 1 aliphatic heterocycles. The van der Waals surface area contributed by atoms with Gasteiger partial charge >= 0.3 is 0 Å². The van der Waals surface area contributed by atoms with Gasteiger partial charge in [0.05, 0.1) is 5.56 Å². The maximum Gasteiger partial charge on any atom is 0.251 e. The van der Waals surface area contributed by atoms with Gasteiger partial charge in [-0.15, -0.1) is 0 Å². The number of hydrogen-bond acceptors (Lipinski definition) is 2. The third-order valence-corrected chi connectivity index (χ3v) is 6.64. The van der Waals surface area contributed by atoms with Crippen LogP contribution in [-0.4, -0.2) is 35.0 Å². The number of benzene rings is 1. The number of primary amides is 1. The lowest BCUT2D eigenvalue weighted by atomic mass is 9.97. The van der Waals surface area contributed by atoms with Gasteiger partial charge in [0.1, 0.15) is 0 Å². The third-order valence-electron chi connectivity index (χ3n) is 6.12. The molecule has 2 aromatic rings. The minimum absolute atomic E-state index is 0.325. The number of rotatable bonds is 9. The molecule has 0 radical (unpaired) electrons. The van der Waals surface area contributed by atoms with E-state index in [1.165, 1.54) is 50.9 Å². The molecule has 2 heterocycles. The summed E-state index contributed by atoms with van der Waals surface area (Å²) in [6.07, 6.45) is 8.43. The lowest BCUT2D eigenvalue weighted by Gasteiger charge is -2.27. The standard InChI is InChI=1S/C24H34BrN3O/c1-3-4-6-9-21-23(19-10-12-20(25)13-11-19)22(24(26)29)18(2)28(21)17-16-27-14-7-5-8-15-27/h10-13H,3-9,14-17H2,1-2H3,(H2,26,29). The number of likely N-dealkylation sites (tertiary alicyclic amines) is 1. The van der Waals surface area contributed by atoms with Crippen LogP contribution in [-0.2, 0) is 13.0 Å². The molecule has 5 heteroatoms. The normalized spacial score (nSPS) is 15.0. The second kappa shape index (κ2) is 10.4. The van der Waals surface area contributed by atoms with Crippen molar-refractivity contribution in [1.29, 1.82) is 0 Å². The van der Waals surface area contributed by atoms with E-state index in [2.05, 4.69) is 51.4 Å². The minimum atomic E-state index is -0.325. The molecule has 2 N–H and O–H groups in total. The average Bonchev–Trinajstić information content (AvgIpc) is 3.00. The van der Waals surface area contributed by atoms with Crippen molar-refractivity contribution >= 4 is 21.8 Å². The summed E-state index contributed by atoms with van der Waals surface area (Å²) < 4.78 is 3.41. The fourth-order valence-electron chi connectivity index (χ4n) is 4.56. The van der Waals surface area contributed by atoms with Gasteiger partial charge in [0.2, 0.25) is 0 Å². The van der Waals surface area contributed by atoms with Crippen LogP contribution in [0.5, 0.6) is 0 Å². The minimum Gasteiger partial charge on any atom is -0.366 e. The Labute approximate surface area is 183 Å². The summed E-state index contributed by atoms with van der Waals surface area (Å²) in [4.78, 5) is 15.0. The molecule has 3 rings (SSSR count). The fraction of sp³-hybridized carbons (Fsp3) is 0.542. The highest BCUT2D eigenvalue weighted by molar-refractivity contribution is 9.10. The molecule has 1 aromatic carbocycles. The Morgan fingerprint density at radius 2 is 1.76 bits per heavy atom. The van der Waals surface area contributed by atoms with Gasteiger partial charge in [-0.2, -0.15) is 0 Å². The molecule has 1 aliphatic rings. The van der Waals surface area contributed by atoms with E-state index in [1.807, 2.05) is 12.1 Å². The van der Waals surface area contributed by atoms with E-state index < -0.39 is 0 Å². The average molecular weight is 460 g/mol. The van der Waals surface area contributed by atoms with Crippen molar-refractivity contribution < 1.29 is 4.79 Å². The van der Waals surface area contributed by atoms with E-state index in [1.54, 1.807) is 0 Å². The maximum atomic E-state index is 12.5. The number of carbonyl (C=O) groups excluding carboxylic acids is 1. The van der Waals surface area contributed by atoms with Crippen LogP contribution in [0.25, 0.3) is 11.1 Å². The third kappa shape index (κ3) is 5.32. The molecule has 0 spiro atoms. The van der Waals surface area contributed by atoms with Gasteiger partial charge in [-0.3, -0.25) is 4.79 Å². The Hall–Kier alpha value is -1.59. The van der Waals surface area contributed by atoms with Crippen molar-refractivity contribution in [3.05, 3.63) is 45.7 Å². The zero-order valence-electron chi connectivity index (χ0n) is 17.8. The number of amides is 1. The van der Waals surface area contributed by atoms with Gasteiger partial charge in [0, 0.05) is 34.5 Å². The summed E-state index contributed by atoms with van der Waals surface area (Å²) >= 11 is 3.52. The van der Waals surface area contributed by atoms with E-state index in [9.17, 15) is 4.79 Å². The van der Waals surface area contributed by atoms with Gasteiger partial charge in [-0.25, -0.2) is 0 Å². The highest BCUT2D eigenvalue weighted by Crippen LogP contribution is 2.34. The van der Waals surface area contributed by atoms with E-state index in [0.717, 1.165) is 47.2 Å². The molecular weight excluding hydrogens is 426 g/mol. The highest BCUT2D eigenvalue weighted by Gasteiger charge is 2.25. The molecule has 0 unspecified atom stereocenters. The molecule has 158 valence electrons. The lowest BCUT2D eigenvalue weighted by Crippen LogP contribution is -2.33. The van der Waals surface area contributed by atoms with Crippen LogP contribution in [0.1, 0.15) is 67.2 Å². The summed E-state index contributed by atoms with van der Waals surface area (Å²) in [5.74, 6) is -0.325. The van der Waals surface area contributed by atoms with Crippen LogP contribution < -0.4 is 5.73 Å². The Bertz CT molecular complexity index is 820. The van der Waals surface area contributed by atoms with Crippen molar-refractivity contribution in [3.8, 4) is 11.1 Å². The molecule has 1 saturated heterocycles. The molecule has 1 aromatic heterocycles. The maximum absolute atomic E-state index is 12.5. The van der Waals surface area contributed by atoms with Crippen LogP contribution in [0.15, 0.2) is 28.7 Å². The summed E-state index contributed by atoms with van der Waals surface area (Å²) in [6, 6.07) is 8.25. The Balaban J connectivity index is 2.01. The second-order valence-electron chi connectivity index (χ2n) is 8.16. The first kappa shape index (κ1) is 22.1. The number of halogens is 1. The molecule has 4 nitrogen and oxygen atoms in total. The zero-order valence-corrected chi connectivity index (χ0v) is 19.4. The fourth-order valence-corrected chi connectivity index (χ4v) is 4.82. The van der Waals surface area contributed by atoms with E-state index in [-0.39, 0.29) is 5.91 Å². The predicted molar refractivity (Wildman–Crippen MR) is 124 cm³/mol. The quantitative estimate of drug-likeness (QED) is 0.500. The Morgan fingerprint density at radius 3 is 2.38 bits per heavy atom. The van der Waals surface area contributed by atoms with Crippen LogP contribution in [0, 0.1) is 6.92 Å². The SMILES string of the molecule is CCCCCc1c(-c2ccc(Br)cc2)c(C(N)=O)c(C)n1CCN1CCCCC1. The lowest BCUT2D eigenvalue weighted by molar-refractivity contribution is 0.1000. The van der Waals surface area contributed by atoms with Crippen molar-refractivity contribution in [1.82, 2.24) is 9.47 Å². The van der Waals surface area contributed by atoms with Crippen molar-refractivity contribution in [2.45, 2.75) is 65.3 Å². The Morgan fingerprint density at radius 1 is 1.07 bits per heavy atom. The molecule has 1 fully saturated rings. The Kier molecular flexibility index (Phi) is 7.96. The summed E-state index contributed by atoms with van der Waals surface area (Å²) in [7, 11) is 0. The number of hydrogen-bond donors (Lipinski definition) is 1. The first-order valence-corrected chi connectivity index (χ1v) is 11.8. The number of piperidine rings is 1. The van der Waals surface area contributed by atoms with Crippen LogP contribution >= 0.6 is 15.9 Å². The number of nitrogens with zero attached hydrogens (tertiary/aromatic N) is 2. The van der Waals surface area contributed by atoms with Crippen molar-refractivity contribution in [3.63, 3.8) is 0 Å². The van der Waals surface area contributed by atoms with Gasteiger partial charge in [-0.05, 0) is 63.4 Å². The highest BCUT2D eigenvalue weighted by atomic mass is 79.9. The number of aromatic nitrogens is 1. The molecular formula is C24H34BrN3O. The predicted octanol–water partition coefficient (Wildman–Crippen LogP) is 5.54. The first-order chi connectivity index (χ1) is 14.0. The smallest absolute Gasteiger partial charge is 0.251 e. The van der Waals surface area contributed by atoms with Crippen LogP contribution in [0.2, 0.25) is 0 Å². The molecule has 1 amide bonds. The number of carbonyl (C=O) groups is 1. The van der Waals surface area contributed by atoms with Crippen LogP contribution in [0.4, 0.5) is 0 Å². The molecule has 0 saturated carbocycles. The zero-order chi connectivity index (χ0) is 20.8. The number of nitrogens with two attached hydrogens (primary N) is 1. The van der Waals surface area contributed by atoms with Gasteiger partial charge < -0.3 is 15.2 Å². The van der Waals surface area contributed by atoms with Gasteiger partial charge in [0.25, 0.3) is 5.91 Å².